The lowest BCUT2D eigenvalue weighted by atomic mass is 10.1. The van der Waals surface area contributed by atoms with Crippen molar-refractivity contribution in [3.05, 3.63) is 66.5 Å². The molecule has 1 saturated heterocycles. The molecule has 0 aromatic carbocycles. The molecule has 1 aliphatic rings. The number of aromatic nitrogens is 3. The molecule has 4 heterocycles. The lowest BCUT2D eigenvalue weighted by molar-refractivity contribution is 0.169. The molecule has 0 spiro atoms. The van der Waals surface area contributed by atoms with Crippen molar-refractivity contribution in [2.24, 2.45) is 0 Å². The predicted molar refractivity (Wildman–Crippen MR) is 95.6 cm³/mol. The molecule has 1 atom stereocenters. The highest BCUT2D eigenvalue weighted by Gasteiger charge is 2.24. The second-order valence-electron chi connectivity index (χ2n) is 6.48. The standard InChI is InChI=1S/C20H22N4O/c1-2-8-18(19-9-6-12-25-19)24(11-5-1)15-16-13-22-20(23-14-16)17-7-3-4-10-21-17/h3-4,6-7,9-10,12-14,18H,1-2,5,8,11,15H2. The van der Waals surface area contributed by atoms with E-state index in [1.54, 1.807) is 12.5 Å². The summed E-state index contributed by atoms with van der Waals surface area (Å²) >= 11 is 0. The second-order valence-corrected chi connectivity index (χ2v) is 6.48. The Morgan fingerprint density at radius 1 is 1.00 bits per heavy atom. The molecule has 25 heavy (non-hydrogen) atoms. The van der Waals surface area contributed by atoms with Crippen LogP contribution in [0.3, 0.4) is 0 Å². The molecule has 0 saturated carbocycles. The SMILES string of the molecule is c1ccc(-c2ncc(CN3CCCCCC3c3ccco3)cn2)nc1. The molecule has 0 radical (unpaired) electrons. The molecule has 0 amide bonds. The van der Waals surface area contributed by atoms with Gasteiger partial charge in [0.15, 0.2) is 5.82 Å². The summed E-state index contributed by atoms with van der Waals surface area (Å²) < 4.78 is 5.69. The molecule has 4 rings (SSSR count). The van der Waals surface area contributed by atoms with Crippen LogP contribution in [0.5, 0.6) is 0 Å². The van der Waals surface area contributed by atoms with Crippen molar-refractivity contribution in [2.45, 2.75) is 38.3 Å². The zero-order chi connectivity index (χ0) is 16.9. The molecule has 0 N–H and O–H groups in total. The van der Waals surface area contributed by atoms with Crippen LogP contribution >= 0.6 is 0 Å². The van der Waals surface area contributed by atoms with E-state index in [2.05, 4.69) is 25.9 Å². The third-order valence-electron chi connectivity index (χ3n) is 4.72. The van der Waals surface area contributed by atoms with Crippen LogP contribution in [0.2, 0.25) is 0 Å². The van der Waals surface area contributed by atoms with Crippen LogP contribution in [0.1, 0.15) is 43.0 Å². The van der Waals surface area contributed by atoms with Crippen LogP contribution in [0.25, 0.3) is 11.5 Å². The lowest BCUT2D eigenvalue weighted by Crippen LogP contribution is -2.28. The third-order valence-corrected chi connectivity index (χ3v) is 4.72. The van der Waals surface area contributed by atoms with Crippen LogP contribution in [0.4, 0.5) is 0 Å². The first kappa shape index (κ1) is 16.0. The van der Waals surface area contributed by atoms with Gasteiger partial charge in [0.2, 0.25) is 0 Å². The molecule has 0 bridgehead atoms. The van der Waals surface area contributed by atoms with Gasteiger partial charge >= 0.3 is 0 Å². The maximum Gasteiger partial charge on any atom is 0.178 e. The van der Waals surface area contributed by atoms with E-state index in [9.17, 15) is 0 Å². The van der Waals surface area contributed by atoms with Crippen molar-refractivity contribution in [3.8, 4) is 11.5 Å². The summed E-state index contributed by atoms with van der Waals surface area (Å²) in [6.07, 6.45) is 12.3. The number of hydrogen-bond donors (Lipinski definition) is 0. The largest absolute Gasteiger partial charge is 0.468 e. The van der Waals surface area contributed by atoms with Crippen molar-refractivity contribution in [1.29, 1.82) is 0 Å². The quantitative estimate of drug-likeness (QED) is 0.714. The normalized spacial score (nSPS) is 18.8. The van der Waals surface area contributed by atoms with Crippen LogP contribution in [-0.4, -0.2) is 26.4 Å². The molecule has 3 aromatic rings. The Labute approximate surface area is 147 Å². The maximum absolute atomic E-state index is 5.69. The number of pyridine rings is 1. The predicted octanol–water partition coefficient (Wildman–Crippen LogP) is 4.25. The molecular weight excluding hydrogens is 312 g/mol. The van der Waals surface area contributed by atoms with Gasteiger partial charge in [-0.05, 0) is 43.7 Å². The van der Waals surface area contributed by atoms with Gasteiger partial charge < -0.3 is 4.42 Å². The minimum Gasteiger partial charge on any atom is -0.468 e. The van der Waals surface area contributed by atoms with Gasteiger partial charge in [-0.25, -0.2) is 9.97 Å². The molecule has 1 fully saturated rings. The highest BCUT2D eigenvalue weighted by atomic mass is 16.3. The molecule has 1 aliphatic heterocycles. The average molecular weight is 334 g/mol. The van der Waals surface area contributed by atoms with E-state index < -0.39 is 0 Å². The van der Waals surface area contributed by atoms with Crippen LogP contribution < -0.4 is 0 Å². The fourth-order valence-corrected chi connectivity index (χ4v) is 3.46. The minimum atomic E-state index is 0.341. The summed E-state index contributed by atoms with van der Waals surface area (Å²) in [6, 6.07) is 10.2. The average Bonchev–Trinajstić information content (AvgIpc) is 3.10. The molecule has 5 nitrogen and oxygen atoms in total. The van der Waals surface area contributed by atoms with E-state index in [-0.39, 0.29) is 0 Å². The van der Waals surface area contributed by atoms with Gasteiger partial charge in [-0.2, -0.15) is 0 Å². The van der Waals surface area contributed by atoms with Crippen LogP contribution in [0.15, 0.2) is 59.6 Å². The first-order valence-electron chi connectivity index (χ1n) is 8.90. The number of likely N-dealkylation sites (tertiary alicyclic amines) is 1. The molecular formula is C20H22N4O. The Kier molecular flexibility index (Phi) is 4.84. The first-order valence-corrected chi connectivity index (χ1v) is 8.90. The Morgan fingerprint density at radius 3 is 2.68 bits per heavy atom. The van der Waals surface area contributed by atoms with E-state index in [1.807, 2.05) is 36.7 Å². The summed E-state index contributed by atoms with van der Waals surface area (Å²) in [5, 5.41) is 0. The summed E-state index contributed by atoms with van der Waals surface area (Å²) in [5.41, 5.74) is 1.93. The lowest BCUT2D eigenvalue weighted by Gasteiger charge is -2.28. The number of furan rings is 1. The fourth-order valence-electron chi connectivity index (χ4n) is 3.46. The van der Waals surface area contributed by atoms with E-state index in [4.69, 9.17) is 4.42 Å². The van der Waals surface area contributed by atoms with Crippen LogP contribution in [0, 0.1) is 0 Å². The van der Waals surface area contributed by atoms with E-state index in [1.165, 1.54) is 19.3 Å². The molecule has 128 valence electrons. The monoisotopic (exact) mass is 334 g/mol. The van der Waals surface area contributed by atoms with Gasteiger partial charge in [-0.15, -0.1) is 0 Å². The fraction of sp³-hybridized carbons (Fsp3) is 0.350. The minimum absolute atomic E-state index is 0.341. The van der Waals surface area contributed by atoms with E-state index in [0.29, 0.717) is 11.9 Å². The molecule has 0 aliphatic carbocycles. The Bertz CT molecular complexity index is 771. The number of hydrogen-bond acceptors (Lipinski definition) is 5. The van der Waals surface area contributed by atoms with Crippen molar-refractivity contribution in [3.63, 3.8) is 0 Å². The number of rotatable bonds is 4. The second kappa shape index (κ2) is 7.57. The van der Waals surface area contributed by atoms with Crippen molar-refractivity contribution >= 4 is 0 Å². The summed E-state index contributed by atoms with van der Waals surface area (Å²) in [4.78, 5) is 15.8. The summed E-state index contributed by atoms with van der Waals surface area (Å²) in [5.74, 6) is 1.73. The molecule has 5 heteroatoms. The highest BCUT2D eigenvalue weighted by molar-refractivity contribution is 5.47. The molecule has 3 aromatic heterocycles. The zero-order valence-electron chi connectivity index (χ0n) is 14.2. The van der Waals surface area contributed by atoms with Crippen molar-refractivity contribution in [1.82, 2.24) is 19.9 Å². The van der Waals surface area contributed by atoms with Gasteiger partial charge in [-0.1, -0.05) is 18.9 Å². The molecule has 1 unspecified atom stereocenters. The third kappa shape index (κ3) is 3.77. The van der Waals surface area contributed by atoms with Crippen molar-refractivity contribution < 1.29 is 4.42 Å². The number of nitrogens with zero attached hydrogens (tertiary/aromatic N) is 4. The Hall–Kier alpha value is -2.53. The van der Waals surface area contributed by atoms with Gasteiger partial charge in [0, 0.05) is 30.7 Å². The Balaban J connectivity index is 1.51. The highest BCUT2D eigenvalue weighted by Crippen LogP contribution is 2.31. The summed E-state index contributed by atoms with van der Waals surface area (Å²) in [7, 11) is 0. The Morgan fingerprint density at radius 2 is 1.92 bits per heavy atom. The van der Waals surface area contributed by atoms with Crippen molar-refractivity contribution in [2.75, 3.05) is 6.54 Å². The van der Waals surface area contributed by atoms with Crippen LogP contribution in [-0.2, 0) is 6.54 Å². The van der Waals surface area contributed by atoms with Gasteiger partial charge in [0.1, 0.15) is 11.5 Å². The smallest absolute Gasteiger partial charge is 0.178 e. The van der Waals surface area contributed by atoms with E-state index in [0.717, 1.165) is 36.5 Å². The summed E-state index contributed by atoms with van der Waals surface area (Å²) in [6.45, 7) is 1.92. The van der Waals surface area contributed by atoms with Gasteiger partial charge in [-0.3, -0.25) is 9.88 Å². The zero-order valence-corrected chi connectivity index (χ0v) is 14.2. The van der Waals surface area contributed by atoms with Gasteiger partial charge in [0.05, 0.1) is 12.3 Å². The van der Waals surface area contributed by atoms with Gasteiger partial charge in [0.25, 0.3) is 0 Å². The maximum atomic E-state index is 5.69. The first-order chi connectivity index (χ1) is 12.4. The van der Waals surface area contributed by atoms with E-state index >= 15 is 0 Å². The topological polar surface area (TPSA) is 55.1 Å².